The Morgan fingerprint density at radius 1 is 1.20 bits per heavy atom. The van der Waals surface area contributed by atoms with Crippen molar-refractivity contribution in [2.45, 2.75) is 58.0 Å². The molecule has 1 saturated heterocycles. The third-order valence-electron chi connectivity index (χ3n) is 4.49. The van der Waals surface area contributed by atoms with E-state index >= 15 is 0 Å². The van der Waals surface area contributed by atoms with E-state index in [4.69, 9.17) is 5.73 Å². The van der Waals surface area contributed by atoms with Crippen LogP contribution in [-0.4, -0.2) is 30.1 Å². The van der Waals surface area contributed by atoms with Gasteiger partial charge >= 0.3 is 0 Å². The molecular formula is C13H26N2. The van der Waals surface area contributed by atoms with Crippen molar-refractivity contribution in [2.24, 2.45) is 17.6 Å². The Bertz CT molecular complexity index is 203. The minimum atomic E-state index is 0.623. The van der Waals surface area contributed by atoms with Crippen LogP contribution in [0.1, 0.15) is 46.0 Å². The molecule has 0 spiro atoms. The summed E-state index contributed by atoms with van der Waals surface area (Å²) in [5.41, 5.74) is 5.93. The van der Waals surface area contributed by atoms with Crippen molar-refractivity contribution in [1.29, 1.82) is 0 Å². The highest BCUT2D eigenvalue weighted by molar-refractivity contribution is 4.93. The lowest BCUT2D eigenvalue weighted by Crippen LogP contribution is -2.48. The van der Waals surface area contributed by atoms with Gasteiger partial charge in [-0.15, -0.1) is 0 Å². The maximum Gasteiger partial charge on any atom is 0.0244 e. The van der Waals surface area contributed by atoms with Crippen LogP contribution in [0.3, 0.4) is 0 Å². The smallest absolute Gasteiger partial charge is 0.0244 e. The first-order valence-corrected chi connectivity index (χ1v) is 6.70. The Hall–Kier alpha value is -0.0800. The molecule has 3 unspecified atom stereocenters. The van der Waals surface area contributed by atoms with E-state index in [1.165, 1.54) is 38.6 Å². The second-order valence-corrected chi connectivity index (χ2v) is 5.69. The average molecular weight is 210 g/mol. The van der Waals surface area contributed by atoms with Crippen LogP contribution in [0.25, 0.3) is 0 Å². The maximum absolute atomic E-state index is 5.93. The van der Waals surface area contributed by atoms with E-state index in [0.29, 0.717) is 12.0 Å². The second kappa shape index (κ2) is 4.84. The van der Waals surface area contributed by atoms with Gasteiger partial charge in [-0.1, -0.05) is 26.7 Å². The lowest BCUT2D eigenvalue weighted by atomic mass is 9.84. The highest BCUT2D eigenvalue weighted by atomic mass is 15.2. The summed E-state index contributed by atoms with van der Waals surface area (Å²) in [7, 11) is 0. The Balaban J connectivity index is 2.02. The summed E-state index contributed by atoms with van der Waals surface area (Å²) in [6.07, 6.45) is 7.22. The molecule has 0 radical (unpaired) electrons. The van der Waals surface area contributed by atoms with Gasteiger partial charge in [-0.3, -0.25) is 4.90 Å². The molecule has 2 nitrogen and oxygen atoms in total. The van der Waals surface area contributed by atoms with Crippen molar-refractivity contribution >= 4 is 0 Å². The molecule has 2 fully saturated rings. The predicted molar refractivity (Wildman–Crippen MR) is 64.7 cm³/mol. The molecule has 0 aromatic carbocycles. The van der Waals surface area contributed by atoms with Crippen LogP contribution in [0.4, 0.5) is 0 Å². The van der Waals surface area contributed by atoms with E-state index in [-0.39, 0.29) is 0 Å². The summed E-state index contributed by atoms with van der Waals surface area (Å²) in [4.78, 5) is 2.73. The van der Waals surface area contributed by atoms with Crippen molar-refractivity contribution in [2.75, 3.05) is 13.1 Å². The number of likely N-dealkylation sites (tertiary alicyclic amines) is 1. The Morgan fingerprint density at radius 3 is 2.60 bits per heavy atom. The van der Waals surface area contributed by atoms with Crippen molar-refractivity contribution in [1.82, 2.24) is 4.90 Å². The second-order valence-electron chi connectivity index (χ2n) is 5.69. The van der Waals surface area contributed by atoms with Gasteiger partial charge in [0.15, 0.2) is 0 Å². The zero-order valence-electron chi connectivity index (χ0n) is 10.3. The lowest BCUT2D eigenvalue weighted by molar-refractivity contribution is 0.108. The highest BCUT2D eigenvalue weighted by Gasteiger charge is 2.39. The molecule has 0 aromatic rings. The van der Waals surface area contributed by atoms with Gasteiger partial charge in [-0.05, 0) is 37.6 Å². The molecule has 0 bridgehead atoms. The third-order valence-corrected chi connectivity index (χ3v) is 4.49. The van der Waals surface area contributed by atoms with E-state index in [1.807, 2.05) is 0 Å². The first-order valence-electron chi connectivity index (χ1n) is 6.70. The van der Waals surface area contributed by atoms with Crippen molar-refractivity contribution in [3.8, 4) is 0 Å². The van der Waals surface area contributed by atoms with Crippen LogP contribution in [0.2, 0.25) is 0 Å². The summed E-state index contributed by atoms with van der Waals surface area (Å²) < 4.78 is 0. The zero-order chi connectivity index (χ0) is 10.8. The quantitative estimate of drug-likeness (QED) is 0.774. The van der Waals surface area contributed by atoms with Gasteiger partial charge in [0, 0.05) is 18.6 Å². The van der Waals surface area contributed by atoms with Gasteiger partial charge < -0.3 is 5.73 Å². The van der Waals surface area contributed by atoms with E-state index in [1.54, 1.807) is 0 Å². The summed E-state index contributed by atoms with van der Waals surface area (Å²) in [5.74, 6) is 1.70. The number of rotatable bonds is 3. The Morgan fingerprint density at radius 2 is 1.93 bits per heavy atom. The van der Waals surface area contributed by atoms with Gasteiger partial charge in [0.2, 0.25) is 0 Å². The van der Waals surface area contributed by atoms with E-state index < -0.39 is 0 Å². The molecule has 0 aromatic heterocycles. The number of nitrogens with two attached hydrogens (primary N) is 1. The van der Waals surface area contributed by atoms with Crippen LogP contribution < -0.4 is 5.73 Å². The Labute approximate surface area is 94.2 Å². The standard InChI is InChI=1S/C13H26N2/c1-10(2)13(9-14)15-8-7-11-5-3-4-6-12(11)15/h10-13H,3-9,14H2,1-2H3. The SMILES string of the molecule is CC(C)C(CN)N1CCC2CCCCC21. The van der Waals surface area contributed by atoms with Crippen LogP contribution in [-0.2, 0) is 0 Å². The Kier molecular flexibility index (Phi) is 3.68. The number of fused-ring (bicyclic) bond motifs is 1. The van der Waals surface area contributed by atoms with Crippen molar-refractivity contribution in [3.63, 3.8) is 0 Å². The van der Waals surface area contributed by atoms with Gasteiger partial charge in [0.1, 0.15) is 0 Å². The summed E-state index contributed by atoms with van der Waals surface area (Å²) in [6, 6.07) is 1.49. The van der Waals surface area contributed by atoms with Crippen LogP contribution in [0.15, 0.2) is 0 Å². The van der Waals surface area contributed by atoms with Gasteiger partial charge in [-0.2, -0.15) is 0 Å². The average Bonchev–Trinajstić information content (AvgIpc) is 2.63. The largest absolute Gasteiger partial charge is 0.329 e. The molecular weight excluding hydrogens is 184 g/mol. The van der Waals surface area contributed by atoms with Crippen molar-refractivity contribution in [3.05, 3.63) is 0 Å². The molecule has 1 heterocycles. The molecule has 0 amide bonds. The highest BCUT2D eigenvalue weighted by Crippen LogP contribution is 2.37. The first kappa shape index (κ1) is 11.4. The summed E-state index contributed by atoms with van der Waals surface area (Å²) >= 11 is 0. The maximum atomic E-state index is 5.93. The third kappa shape index (κ3) is 2.21. The molecule has 2 aliphatic rings. The van der Waals surface area contributed by atoms with Crippen LogP contribution in [0.5, 0.6) is 0 Å². The summed E-state index contributed by atoms with van der Waals surface area (Å²) in [5, 5.41) is 0. The minimum Gasteiger partial charge on any atom is -0.329 e. The number of nitrogens with zero attached hydrogens (tertiary/aromatic N) is 1. The van der Waals surface area contributed by atoms with E-state index in [9.17, 15) is 0 Å². The minimum absolute atomic E-state index is 0.623. The molecule has 2 N–H and O–H groups in total. The summed E-state index contributed by atoms with van der Waals surface area (Å²) in [6.45, 7) is 6.76. The molecule has 15 heavy (non-hydrogen) atoms. The number of hydrogen-bond acceptors (Lipinski definition) is 2. The van der Waals surface area contributed by atoms with E-state index in [2.05, 4.69) is 18.7 Å². The fourth-order valence-electron chi connectivity index (χ4n) is 3.64. The fraction of sp³-hybridized carbons (Fsp3) is 1.00. The van der Waals surface area contributed by atoms with Crippen molar-refractivity contribution < 1.29 is 0 Å². The predicted octanol–water partition coefficient (Wildman–Crippen LogP) is 2.23. The fourth-order valence-corrected chi connectivity index (χ4v) is 3.64. The lowest BCUT2D eigenvalue weighted by Gasteiger charge is -2.38. The molecule has 3 atom stereocenters. The van der Waals surface area contributed by atoms with Gasteiger partial charge in [-0.25, -0.2) is 0 Å². The van der Waals surface area contributed by atoms with Gasteiger partial charge in [0.25, 0.3) is 0 Å². The molecule has 2 heteroatoms. The van der Waals surface area contributed by atoms with Crippen LogP contribution in [0, 0.1) is 11.8 Å². The van der Waals surface area contributed by atoms with E-state index in [0.717, 1.165) is 18.5 Å². The molecule has 1 saturated carbocycles. The van der Waals surface area contributed by atoms with Gasteiger partial charge in [0.05, 0.1) is 0 Å². The molecule has 1 aliphatic carbocycles. The molecule has 88 valence electrons. The topological polar surface area (TPSA) is 29.3 Å². The monoisotopic (exact) mass is 210 g/mol. The zero-order valence-corrected chi connectivity index (χ0v) is 10.3. The first-order chi connectivity index (χ1) is 7.24. The molecule has 2 rings (SSSR count). The normalized spacial score (nSPS) is 34.4. The van der Waals surface area contributed by atoms with Crippen LogP contribution >= 0.6 is 0 Å². The molecule has 1 aliphatic heterocycles. The number of hydrogen-bond donors (Lipinski definition) is 1.